The van der Waals surface area contributed by atoms with E-state index in [0.29, 0.717) is 28.2 Å². The first-order valence-corrected chi connectivity index (χ1v) is 9.89. The van der Waals surface area contributed by atoms with Crippen LogP contribution in [0, 0.1) is 0 Å². The fourth-order valence-electron chi connectivity index (χ4n) is 2.78. The molecule has 1 aliphatic heterocycles. The Morgan fingerprint density at radius 1 is 1.04 bits per heavy atom. The summed E-state index contributed by atoms with van der Waals surface area (Å²) in [4.78, 5) is 12.4. The first-order chi connectivity index (χ1) is 13.4. The Balaban J connectivity index is 1.40. The van der Waals surface area contributed by atoms with Crippen molar-refractivity contribution < 1.29 is 18.7 Å². The number of carbonyl (C=O) groups excluding carboxylic acids is 1. The Morgan fingerprint density at radius 2 is 1.79 bits per heavy atom. The average Bonchev–Trinajstić information content (AvgIpc) is 3.34. The summed E-state index contributed by atoms with van der Waals surface area (Å²) in [6, 6.07) is 13.2. The molecule has 0 spiro atoms. The molecule has 7 heteroatoms. The van der Waals surface area contributed by atoms with Crippen molar-refractivity contribution in [3.05, 3.63) is 53.6 Å². The van der Waals surface area contributed by atoms with E-state index >= 15 is 0 Å². The number of benzene rings is 2. The lowest BCUT2D eigenvalue weighted by atomic mass is 9.86. The van der Waals surface area contributed by atoms with E-state index in [-0.39, 0.29) is 23.7 Å². The summed E-state index contributed by atoms with van der Waals surface area (Å²) >= 11 is 1.23. The predicted molar refractivity (Wildman–Crippen MR) is 106 cm³/mol. The lowest BCUT2D eigenvalue weighted by Gasteiger charge is -2.18. The Hall–Kier alpha value is -2.80. The van der Waals surface area contributed by atoms with Gasteiger partial charge < -0.3 is 13.9 Å². The highest BCUT2D eigenvalue weighted by Gasteiger charge is 2.18. The second-order valence-corrected chi connectivity index (χ2v) is 8.41. The number of rotatable bonds is 5. The summed E-state index contributed by atoms with van der Waals surface area (Å²) < 4.78 is 16.3. The van der Waals surface area contributed by atoms with Gasteiger partial charge in [-0.1, -0.05) is 56.8 Å². The summed E-state index contributed by atoms with van der Waals surface area (Å²) in [7, 11) is 0. The van der Waals surface area contributed by atoms with Crippen LogP contribution in [0.2, 0.25) is 0 Å². The monoisotopic (exact) mass is 396 g/mol. The van der Waals surface area contributed by atoms with Crippen LogP contribution in [0.15, 0.2) is 52.1 Å². The van der Waals surface area contributed by atoms with Crippen molar-refractivity contribution in [1.82, 2.24) is 10.2 Å². The molecule has 6 nitrogen and oxygen atoms in total. The lowest BCUT2D eigenvalue weighted by molar-refractivity contribution is 0.102. The van der Waals surface area contributed by atoms with Gasteiger partial charge in [0.25, 0.3) is 5.22 Å². The van der Waals surface area contributed by atoms with E-state index in [1.54, 1.807) is 12.1 Å². The zero-order valence-corrected chi connectivity index (χ0v) is 16.7. The number of ether oxygens (including phenoxy) is 2. The molecule has 144 valence electrons. The van der Waals surface area contributed by atoms with Crippen molar-refractivity contribution in [3.63, 3.8) is 0 Å². The molecule has 2 aromatic carbocycles. The van der Waals surface area contributed by atoms with Crippen LogP contribution in [0.4, 0.5) is 0 Å². The third kappa shape index (κ3) is 3.89. The molecule has 28 heavy (non-hydrogen) atoms. The Bertz CT molecular complexity index is 1010. The van der Waals surface area contributed by atoms with Crippen molar-refractivity contribution in [2.75, 3.05) is 12.5 Å². The molecule has 0 saturated heterocycles. The van der Waals surface area contributed by atoms with Gasteiger partial charge in [0.15, 0.2) is 17.3 Å². The highest BCUT2D eigenvalue weighted by molar-refractivity contribution is 7.99. The zero-order chi connectivity index (χ0) is 19.7. The highest BCUT2D eigenvalue weighted by Crippen LogP contribution is 2.36. The van der Waals surface area contributed by atoms with E-state index in [4.69, 9.17) is 13.9 Å². The number of ketones is 1. The number of nitrogens with zero attached hydrogens (tertiary/aromatic N) is 2. The molecule has 1 aromatic heterocycles. The Kier molecular flexibility index (Phi) is 4.85. The van der Waals surface area contributed by atoms with Gasteiger partial charge in [-0.3, -0.25) is 4.79 Å². The summed E-state index contributed by atoms with van der Waals surface area (Å²) in [6.07, 6.45) is 0. The third-order valence-corrected chi connectivity index (χ3v) is 5.24. The zero-order valence-electron chi connectivity index (χ0n) is 15.9. The van der Waals surface area contributed by atoms with Crippen LogP contribution in [0.1, 0.15) is 36.7 Å². The average molecular weight is 396 g/mol. The second kappa shape index (κ2) is 7.31. The number of thioether (sulfide) groups is 1. The van der Waals surface area contributed by atoms with Crippen molar-refractivity contribution in [3.8, 4) is 23.0 Å². The Labute approximate surface area is 167 Å². The number of fused-ring (bicyclic) bond motifs is 1. The first kappa shape index (κ1) is 18.6. The molecular weight excluding hydrogens is 376 g/mol. The molecule has 0 N–H and O–H groups in total. The number of hydrogen-bond donors (Lipinski definition) is 0. The molecule has 3 aromatic rings. The maximum absolute atomic E-state index is 12.4. The minimum atomic E-state index is 0.0216. The van der Waals surface area contributed by atoms with E-state index in [9.17, 15) is 4.79 Å². The lowest BCUT2D eigenvalue weighted by Crippen LogP contribution is -2.11. The normalized spacial score (nSPS) is 13.0. The Morgan fingerprint density at radius 3 is 2.54 bits per heavy atom. The molecular formula is C21H20N2O4S. The molecule has 0 unspecified atom stereocenters. The first-order valence-electron chi connectivity index (χ1n) is 8.90. The van der Waals surface area contributed by atoms with Crippen molar-refractivity contribution >= 4 is 17.5 Å². The molecule has 0 saturated carbocycles. The van der Waals surface area contributed by atoms with Gasteiger partial charge in [-0.05, 0) is 29.2 Å². The molecule has 2 heterocycles. The SMILES string of the molecule is CC(C)(C)c1ccc(C(=O)CSc2nnc(-c3ccc4c(c3)OCO4)o2)cc1. The second-order valence-electron chi connectivity index (χ2n) is 7.48. The van der Waals surface area contributed by atoms with Crippen LogP contribution in [0.25, 0.3) is 11.5 Å². The molecule has 0 atom stereocenters. The summed E-state index contributed by atoms with van der Waals surface area (Å²) in [5.74, 6) is 1.98. The van der Waals surface area contributed by atoms with E-state index in [0.717, 1.165) is 5.56 Å². The van der Waals surface area contributed by atoms with E-state index in [2.05, 4.69) is 31.0 Å². The fourth-order valence-corrected chi connectivity index (χ4v) is 3.44. The minimum absolute atomic E-state index is 0.0216. The topological polar surface area (TPSA) is 74.5 Å². The quantitative estimate of drug-likeness (QED) is 0.455. The van der Waals surface area contributed by atoms with Crippen molar-refractivity contribution in [2.24, 2.45) is 0 Å². The van der Waals surface area contributed by atoms with E-state index in [1.807, 2.05) is 30.3 Å². The van der Waals surface area contributed by atoms with Crippen LogP contribution in [0.5, 0.6) is 11.5 Å². The standard InChI is InChI=1S/C21H20N2O4S/c1-21(2,3)15-7-4-13(5-8-15)16(24)11-28-20-23-22-19(27-20)14-6-9-17-18(10-14)26-12-25-17/h4-10H,11-12H2,1-3H3. The molecule has 0 bridgehead atoms. The van der Waals surface area contributed by atoms with Gasteiger partial charge in [0.1, 0.15) is 0 Å². The largest absolute Gasteiger partial charge is 0.454 e. The molecule has 4 rings (SSSR count). The van der Waals surface area contributed by atoms with Gasteiger partial charge in [-0.25, -0.2) is 0 Å². The van der Waals surface area contributed by atoms with Crippen molar-refractivity contribution in [2.45, 2.75) is 31.4 Å². The van der Waals surface area contributed by atoms with Crippen LogP contribution in [-0.4, -0.2) is 28.5 Å². The van der Waals surface area contributed by atoms with Gasteiger partial charge in [-0.2, -0.15) is 0 Å². The molecule has 0 aliphatic carbocycles. The van der Waals surface area contributed by atoms with Gasteiger partial charge in [0.2, 0.25) is 12.7 Å². The van der Waals surface area contributed by atoms with Gasteiger partial charge in [0, 0.05) is 11.1 Å². The maximum atomic E-state index is 12.4. The molecule has 1 aliphatic rings. The van der Waals surface area contributed by atoms with Crippen molar-refractivity contribution in [1.29, 1.82) is 0 Å². The summed E-state index contributed by atoms with van der Waals surface area (Å²) in [5, 5.41) is 8.43. The van der Waals surface area contributed by atoms with E-state index < -0.39 is 0 Å². The minimum Gasteiger partial charge on any atom is -0.454 e. The molecule has 0 radical (unpaired) electrons. The van der Waals surface area contributed by atoms with Crippen LogP contribution in [-0.2, 0) is 5.41 Å². The highest BCUT2D eigenvalue weighted by atomic mass is 32.2. The van der Waals surface area contributed by atoms with Crippen LogP contribution < -0.4 is 9.47 Å². The fraction of sp³-hybridized carbons (Fsp3) is 0.286. The molecule has 0 fully saturated rings. The number of carbonyl (C=O) groups is 1. The van der Waals surface area contributed by atoms with Gasteiger partial charge in [0.05, 0.1) is 5.75 Å². The van der Waals surface area contributed by atoms with Crippen LogP contribution >= 0.6 is 11.8 Å². The van der Waals surface area contributed by atoms with Crippen LogP contribution in [0.3, 0.4) is 0 Å². The summed E-state index contributed by atoms with van der Waals surface area (Å²) in [5.41, 5.74) is 2.68. The third-order valence-electron chi connectivity index (χ3n) is 4.43. The van der Waals surface area contributed by atoms with E-state index in [1.165, 1.54) is 17.3 Å². The van der Waals surface area contributed by atoms with Gasteiger partial charge in [-0.15, -0.1) is 10.2 Å². The molecule has 0 amide bonds. The van der Waals surface area contributed by atoms with Gasteiger partial charge >= 0.3 is 0 Å². The number of aromatic nitrogens is 2. The predicted octanol–water partition coefficient (Wildman–Crippen LogP) is 4.74. The summed E-state index contributed by atoms with van der Waals surface area (Å²) in [6.45, 7) is 6.65. The number of Topliss-reactive ketones (excluding diaryl/α,β-unsaturated/α-hetero) is 1. The number of hydrogen-bond acceptors (Lipinski definition) is 7. The maximum Gasteiger partial charge on any atom is 0.277 e. The smallest absolute Gasteiger partial charge is 0.277 e.